The lowest BCUT2D eigenvalue weighted by molar-refractivity contribution is -0.132. The van der Waals surface area contributed by atoms with E-state index in [1.807, 2.05) is 0 Å². The maximum absolute atomic E-state index is 12.2. The number of rotatable bonds is 4. The van der Waals surface area contributed by atoms with Gasteiger partial charge in [0.05, 0.1) is 6.26 Å². The molecule has 0 saturated heterocycles. The molecule has 0 spiro atoms. The van der Waals surface area contributed by atoms with E-state index in [9.17, 15) is 14.7 Å². The van der Waals surface area contributed by atoms with Gasteiger partial charge in [0.15, 0.2) is 5.76 Å². The Morgan fingerprint density at radius 3 is 2.50 bits per heavy atom. The summed E-state index contributed by atoms with van der Waals surface area (Å²) in [5.74, 6) is -1.90. The van der Waals surface area contributed by atoms with Crippen LogP contribution >= 0.6 is 0 Å². The Morgan fingerprint density at radius 2 is 1.88 bits per heavy atom. The molecule has 7 heteroatoms. The monoisotopic (exact) mass is 327 g/mol. The molecular weight excluding hydrogens is 314 g/mol. The van der Waals surface area contributed by atoms with Gasteiger partial charge in [0.25, 0.3) is 5.91 Å². The fourth-order valence-electron chi connectivity index (χ4n) is 2.07. The van der Waals surface area contributed by atoms with Crippen molar-refractivity contribution in [3.63, 3.8) is 0 Å². The van der Waals surface area contributed by atoms with E-state index in [0.717, 1.165) is 0 Å². The van der Waals surface area contributed by atoms with Gasteiger partial charge in [-0.25, -0.2) is 0 Å². The quantitative estimate of drug-likeness (QED) is 0.712. The normalized spacial score (nSPS) is 10.4. The number of carbonyl (C=O) groups excluding carboxylic acids is 2. The van der Waals surface area contributed by atoms with E-state index in [0.29, 0.717) is 5.56 Å². The topological polar surface area (TPSA) is 102 Å². The van der Waals surface area contributed by atoms with Crippen LogP contribution in [0.5, 0.6) is 11.5 Å². The minimum atomic E-state index is -0.674. The van der Waals surface area contributed by atoms with Crippen LogP contribution in [0, 0.1) is 0 Å². The van der Waals surface area contributed by atoms with E-state index in [1.165, 1.54) is 13.2 Å². The molecule has 0 aliphatic heterocycles. The third kappa shape index (κ3) is 3.00. The Labute approximate surface area is 136 Å². The number of anilines is 1. The fraction of sp³-hybridized carbons (Fsp3) is 0.0588. The summed E-state index contributed by atoms with van der Waals surface area (Å²) in [6.45, 7) is 1.17. The maximum atomic E-state index is 12.2. The van der Waals surface area contributed by atoms with Gasteiger partial charge in [0, 0.05) is 12.5 Å². The molecule has 0 aliphatic rings. The first-order valence-corrected chi connectivity index (χ1v) is 7.00. The molecule has 122 valence electrons. The smallest absolute Gasteiger partial charge is 0.308 e. The highest BCUT2D eigenvalue weighted by molar-refractivity contribution is 6.04. The van der Waals surface area contributed by atoms with Gasteiger partial charge in [-0.3, -0.25) is 14.9 Å². The van der Waals surface area contributed by atoms with Gasteiger partial charge in [-0.15, -0.1) is 0 Å². The number of benzene rings is 1. The van der Waals surface area contributed by atoms with Crippen molar-refractivity contribution in [2.45, 2.75) is 6.92 Å². The van der Waals surface area contributed by atoms with Crippen LogP contribution in [0.4, 0.5) is 5.88 Å². The van der Waals surface area contributed by atoms with Gasteiger partial charge in [0.1, 0.15) is 0 Å². The van der Waals surface area contributed by atoms with Crippen molar-refractivity contribution in [3.05, 3.63) is 54.3 Å². The van der Waals surface area contributed by atoms with Crippen LogP contribution in [0.25, 0.3) is 11.5 Å². The van der Waals surface area contributed by atoms with Crippen molar-refractivity contribution >= 4 is 17.8 Å². The molecule has 0 aliphatic carbocycles. The number of hydrogen-bond donors (Lipinski definition) is 2. The first-order chi connectivity index (χ1) is 11.6. The molecule has 3 aromatic rings. The number of hydrogen-bond acceptors (Lipinski definition) is 6. The number of ether oxygens (including phenoxy) is 1. The van der Waals surface area contributed by atoms with Gasteiger partial charge in [-0.2, -0.15) is 0 Å². The first-order valence-electron chi connectivity index (χ1n) is 7.00. The molecule has 1 amide bonds. The van der Waals surface area contributed by atoms with E-state index >= 15 is 0 Å². The van der Waals surface area contributed by atoms with E-state index < -0.39 is 17.6 Å². The molecule has 0 saturated carbocycles. The summed E-state index contributed by atoms with van der Waals surface area (Å²) in [5.41, 5.74) is 0.377. The summed E-state index contributed by atoms with van der Waals surface area (Å²) in [5, 5.41) is 12.7. The van der Waals surface area contributed by atoms with Crippen molar-refractivity contribution in [1.82, 2.24) is 0 Å². The van der Waals surface area contributed by atoms with Gasteiger partial charge in [-0.05, 0) is 24.3 Å². The molecule has 0 fully saturated rings. The molecule has 2 heterocycles. The third-order valence-corrected chi connectivity index (χ3v) is 3.09. The second-order valence-corrected chi connectivity index (χ2v) is 4.83. The van der Waals surface area contributed by atoms with Crippen molar-refractivity contribution in [3.8, 4) is 23.0 Å². The Bertz CT molecular complexity index is 864. The summed E-state index contributed by atoms with van der Waals surface area (Å²) in [6.07, 6.45) is 1.39. The van der Waals surface area contributed by atoms with E-state index in [2.05, 4.69) is 5.32 Å². The lowest BCUT2D eigenvalue weighted by atomic mass is 10.2. The molecule has 0 bridgehead atoms. The highest BCUT2D eigenvalue weighted by Gasteiger charge is 2.27. The maximum Gasteiger partial charge on any atom is 0.308 e. The van der Waals surface area contributed by atoms with Crippen LogP contribution in [0.3, 0.4) is 0 Å². The summed E-state index contributed by atoms with van der Waals surface area (Å²) >= 11 is 0. The van der Waals surface area contributed by atoms with Gasteiger partial charge in [-0.1, -0.05) is 18.2 Å². The lowest BCUT2D eigenvalue weighted by Crippen LogP contribution is -2.12. The number of carbonyl (C=O) groups is 2. The number of esters is 1. The highest BCUT2D eigenvalue weighted by Crippen LogP contribution is 2.46. The second kappa shape index (κ2) is 6.33. The zero-order chi connectivity index (χ0) is 17.1. The number of amides is 1. The molecule has 3 rings (SSSR count). The Balaban J connectivity index is 1.98. The first kappa shape index (κ1) is 15.4. The van der Waals surface area contributed by atoms with Crippen LogP contribution in [0.2, 0.25) is 0 Å². The van der Waals surface area contributed by atoms with E-state index in [4.69, 9.17) is 13.6 Å². The van der Waals surface area contributed by atoms with Crippen molar-refractivity contribution in [1.29, 1.82) is 0 Å². The zero-order valence-corrected chi connectivity index (χ0v) is 12.6. The van der Waals surface area contributed by atoms with Crippen molar-refractivity contribution in [2.24, 2.45) is 0 Å². The lowest BCUT2D eigenvalue weighted by Gasteiger charge is -2.04. The Hall–Kier alpha value is -3.48. The minimum absolute atomic E-state index is 0.0559. The molecule has 0 atom stereocenters. The molecule has 0 radical (unpaired) electrons. The predicted molar refractivity (Wildman–Crippen MR) is 83.8 cm³/mol. The minimum Gasteiger partial charge on any atom is -0.501 e. The van der Waals surface area contributed by atoms with Crippen LogP contribution in [-0.4, -0.2) is 17.0 Å². The average molecular weight is 327 g/mol. The predicted octanol–water partition coefficient (Wildman–Crippen LogP) is 3.42. The van der Waals surface area contributed by atoms with Crippen LogP contribution in [0.1, 0.15) is 17.3 Å². The van der Waals surface area contributed by atoms with Crippen LogP contribution < -0.4 is 10.1 Å². The summed E-state index contributed by atoms with van der Waals surface area (Å²) in [4.78, 5) is 23.5. The molecule has 0 unspecified atom stereocenters. The fourth-order valence-corrected chi connectivity index (χ4v) is 2.07. The summed E-state index contributed by atoms with van der Waals surface area (Å²) in [7, 11) is 0. The molecule has 1 aromatic carbocycles. The molecule has 7 nitrogen and oxygen atoms in total. The Kier molecular flexibility index (Phi) is 4.07. The van der Waals surface area contributed by atoms with E-state index in [1.54, 1.807) is 42.5 Å². The second-order valence-electron chi connectivity index (χ2n) is 4.83. The van der Waals surface area contributed by atoms with Crippen LogP contribution in [0.15, 0.2) is 57.6 Å². The number of furan rings is 2. The standard InChI is InChI=1S/C17H13NO6/c1-10(19)23-15-13(20)14(12-8-5-9-22-12)24-17(15)18-16(21)11-6-3-2-4-7-11/h2-9,20H,1H3,(H,18,21). The average Bonchev–Trinajstić information content (AvgIpc) is 3.19. The van der Waals surface area contributed by atoms with Crippen LogP contribution in [-0.2, 0) is 4.79 Å². The van der Waals surface area contributed by atoms with Gasteiger partial charge < -0.3 is 18.7 Å². The van der Waals surface area contributed by atoms with Gasteiger partial charge in [0.2, 0.25) is 23.1 Å². The SMILES string of the molecule is CC(=O)Oc1c(NC(=O)c2ccccc2)oc(-c2ccco2)c1O. The Morgan fingerprint density at radius 1 is 1.12 bits per heavy atom. The zero-order valence-electron chi connectivity index (χ0n) is 12.6. The molecule has 2 aromatic heterocycles. The van der Waals surface area contributed by atoms with Crippen molar-refractivity contribution in [2.75, 3.05) is 5.32 Å². The highest BCUT2D eigenvalue weighted by atomic mass is 16.6. The van der Waals surface area contributed by atoms with Gasteiger partial charge >= 0.3 is 5.97 Å². The molecule has 2 N–H and O–H groups in total. The number of nitrogens with one attached hydrogen (secondary N) is 1. The largest absolute Gasteiger partial charge is 0.501 e. The van der Waals surface area contributed by atoms with Crippen molar-refractivity contribution < 1.29 is 28.3 Å². The third-order valence-electron chi connectivity index (χ3n) is 3.09. The summed E-state index contributed by atoms with van der Waals surface area (Å²) in [6, 6.07) is 11.6. The molecular formula is C17H13NO6. The molecule has 24 heavy (non-hydrogen) atoms. The number of aromatic hydroxyl groups is 1. The van der Waals surface area contributed by atoms with E-state index in [-0.39, 0.29) is 23.2 Å². The summed E-state index contributed by atoms with van der Waals surface area (Å²) < 4.78 is 15.5.